The van der Waals surface area contributed by atoms with Crippen LogP contribution in [0.1, 0.15) is 21.5 Å². The molecule has 0 fully saturated rings. The molecule has 0 aromatic heterocycles. The summed E-state index contributed by atoms with van der Waals surface area (Å²) in [6.07, 6.45) is 0. The molecule has 0 saturated carbocycles. The molecule has 132 valence electrons. The van der Waals surface area contributed by atoms with E-state index in [2.05, 4.69) is 0 Å². The molecule has 26 heavy (non-hydrogen) atoms. The van der Waals surface area contributed by atoms with E-state index < -0.39 is 23.2 Å². The molecule has 0 radical (unpaired) electrons. The van der Waals surface area contributed by atoms with Crippen LogP contribution in [0.2, 0.25) is 0 Å². The molecular formula is C21H17F2NO2. The van der Waals surface area contributed by atoms with Crippen LogP contribution in [0.3, 0.4) is 0 Å². The number of carbonyl (C=O) groups is 1. The normalized spacial score (nSPS) is 10.5. The molecule has 3 aromatic rings. The van der Waals surface area contributed by atoms with Crippen molar-refractivity contribution in [2.75, 3.05) is 4.90 Å². The second-order valence-electron chi connectivity index (χ2n) is 5.92. The Balaban J connectivity index is 1.98. The van der Waals surface area contributed by atoms with Gasteiger partial charge in [0.25, 0.3) is 0 Å². The summed E-state index contributed by atoms with van der Waals surface area (Å²) in [4.78, 5) is 12.8. The van der Waals surface area contributed by atoms with E-state index in [1.807, 2.05) is 65.6 Å². The smallest absolute Gasteiger partial charge is 0.341 e. The molecule has 5 heteroatoms. The van der Waals surface area contributed by atoms with Crippen molar-refractivity contribution in [3.05, 3.63) is 101 Å². The third kappa shape index (κ3) is 4.06. The first-order valence-corrected chi connectivity index (χ1v) is 8.09. The zero-order valence-electron chi connectivity index (χ0n) is 13.9. The molecule has 0 heterocycles. The average Bonchev–Trinajstić information content (AvgIpc) is 2.62. The van der Waals surface area contributed by atoms with E-state index in [-0.39, 0.29) is 5.69 Å². The molecule has 0 saturated heterocycles. The van der Waals surface area contributed by atoms with Crippen molar-refractivity contribution in [2.45, 2.75) is 13.1 Å². The van der Waals surface area contributed by atoms with Gasteiger partial charge in [-0.2, -0.15) is 0 Å². The molecule has 3 nitrogen and oxygen atoms in total. The van der Waals surface area contributed by atoms with E-state index >= 15 is 0 Å². The van der Waals surface area contributed by atoms with Crippen LogP contribution >= 0.6 is 0 Å². The van der Waals surface area contributed by atoms with Crippen LogP contribution in [-0.2, 0) is 13.1 Å². The lowest BCUT2D eigenvalue weighted by atomic mass is 10.1. The van der Waals surface area contributed by atoms with Gasteiger partial charge in [0.05, 0.1) is 0 Å². The number of aromatic carboxylic acids is 1. The van der Waals surface area contributed by atoms with Crippen molar-refractivity contribution in [1.82, 2.24) is 0 Å². The van der Waals surface area contributed by atoms with Gasteiger partial charge in [0.1, 0.15) is 17.2 Å². The number of rotatable bonds is 6. The molecule has 0 aliphatic rings. The zero-order valence-corrected chi connectivity index (χ0v) is 13.9. The Hall–Kier alpha value is -3.21. The molecule has 3 aromatic carbocycles. The summed E-state index contributed by atoms with van der Waals surface area (Å²) in [6.45, 7) is 0.863. The third-order valence-corrected chi connectivity index (χ3v) is 4.04. The van der Waals surface area contributed by atoms with Gasteiger partial charge in [0, 0.05) is 18.8 Å². The molecule has 1 N–H and O–H groups in total. The van der Waals surface area contributed by atoms with Gasteiger partial charge in [-0.15, -0.1) is 0 Å². The fraction of sp³-hybridized carbons (Fsp3) is 0.0952. The first-order valence-electron chi connectivity index (χ1n) is 8.09. The number of benzene rings is 3. The Morgan fingerprint density at radius 1 is 0.808 bits per heavy atom. The van der Waals surface area contributed by atoms with Crippen LogP contribution < -0.4 is 4.90 Å². The number of carboxylic acid groups (broad SMARTS) is 1. The lowest BCUT2D eigenvalue weighted by Crippen LogP contribution is -2.23. The second kappa shape index (κ2) is 7.78. The minimum absolute atomic E-state index is 0.290. The number of carboxylic acids is 1. The fourth-order valence-electron chi connectivity index (χ4n) is 2.79. The highest BCUT2D eigenvalue weighted by atomic mass is 19.1. The maximum atomic E-state index is 14.2. The van der Waals surface area contributed by atoms with E-state index in [1.165, 1.54) is 0 Å². The van der Waals surface area contributed by atoms with Crippen molar-refractivity contribution >= 4 is 11.7 Å². The molecule has 0 aliphatic heterocycles. The topological polar surface area (TPSA) is 40.5 Å². The second-order valence-corrected chi connectivity index (χ2v) is 5.92. The summed E-state index contributed by atoms with van der Waals surface area (Å²) in [5, 5.41) is 8.95. The van der Waals surface area contributed by atoms with Gasteiger partial charge in [-0.3, -0.25) is 0 Å². The van der Waals surface area contributed by atoms with Crippen molar-refractivity contribution in [3.63, 3.8) is 0 Å². The van der Waals surface area contributed by atoms with Crippen LogP contribution in [0, 0.1) is 11.6 Å². The highest BCUT2D eigenvalue weighted by molar-refractivity contribution is 5.88. The van der Waals surface area contributed by atoms with Gasteiger partial charge in [0.2, 0.25) is 0 Å². The maximum Gasteiger partial charge on any atom is 0.341 e. The summed E-state index contributed by atoms with van der Waals surface area (Å²) in [6, 6.07) is 21.2. The molecular weight excluding hydrogens is 336 g/mol. The quantitative estimate of drug-likeness (QED) is 0.687. The van der Waals surface area contributed by atoms with E-state index in [0.29, 0.717) is 13.1 Å². The van der Waals surface area contributed by atoms with Crippen LogP contribution in [0.4, 0.5) is 14.5 Å². The highest BCUT2D eigenvalue weighted by Gasteiger charge is 2.20. The lowest BCUT2D eigenvalue weighted by Gasteiger charge is -2.26. The van der Waals surface area contributed by atoms with Crippen LogP contribution in [-0.4, -0.2) is 11.1 Å². The van der Waals surface area contributed by atoms with Gasteiger partial charge >= 0.3 is 5.97 Å². The first-order chi connectivity index (χ1) is 12.5. The van der Waals surface area contributed by atoms with Gasteiger partial charge < -0.3 is 10.0 Å². The number of hydrogen-bond donors (Lipinski definition) is 1. The van der Waals surface area contributed by atoms with Crippen molar-refractivity contribution < 1.29 is 18.7 Å². The summed E-state index contributed by atoms with van der Waals surface area (Å²) >= 11 is 0. The number of anilines is 1. The zero-order chi connectivity index (χ0) is 18.5. The minimum atomic E-state index is -1.62. The predicted molar refractivity (Wildman–Crippen MR) is 96.1 cm³/mol. The molecule has 0 spiro atoms. The number of hydrogen-bond acceptors (Lipinski definition) is 2. The SMILES string of the molecule is O=C(O)c1c(F)cc(N(Cc2ccccc2)Cc2ccccc2)cc1F. The Morgan fingerprint density at radius 3 is 1.62 bits per heavy atom. The van der Waals surface area contributed by atoms with Crippen LogP contribution in [0.15, 0.2) is 72.8 Å². The molecule has 0 aliphatic carbocycles. The lowest BCUT2D eigenvalue weighted by molar-refractivity contribution is 0.0686. The summed E-state index contributed by atoms with van der Waals surface area (Å²) in [5.41, 5.74) is 1.31. The minimum Gasteiger partial charge on any atom is -0.477 e. The Bertz CT molecular complexity index is 834. The number of nitrogens with zero attached hydrogens (tertiary/aromatic N) is 1. The van der Waals surface area contributed by atoms with Crippen molar-refractivity contribution in [3.8, 4) is 0 Å². The fourth-order valence-corrected chi connectivity index (χ4v) is 2.79. The van der Waals surface area contributed by atoms with E-state index in [9.17, 15) is 13.6 Å². The third-order valence-electron chi connectivity index (χ3n) is 4.04. The van der Waals surface area contributed by atoms with Gasteiger partial charge in [-0.05, 0) is 23.3 Å². The molecule has 0 atom stereocenters. The molecule has 0 bridgehead atoms. The van der Waals surface area contributed by atoms with Crippen molar-refractivity contribution in [1.29, 1.82) is 0 Å². The monoisotopic (exact) mass is 353 g/mol. The van der Waals surface area contributed by atoms with E-state index in [1.54, 1.807) is 0 Å². The van der Waals surface area contributed by atoms with Crippen molar-refractivity contribution in [2.24, 2.45) is 0 Å². The Kier molecular flexibility index (Phi) is 5.27. The summed E-state index contributed by atoms with van der Waals surface area (Å²) in [7, 11) is 0. The van der Waals surface area contributed by atoms with Gasteiger partial charge in [-0.1, -0.05) is 60.7 Å². The van der Waals surface area contributed by atoms with Gasteiger partial charge in [-0.25, -0.2) is 13.6 Å². The summed E-state index contributed by atoms with van der Waals surface area (Å²) < 4.78 is 28.3. The Labute approximate surface area is 150 Å². The molecule has 0 amide bonds. The van der Waals surface area contributed by atoms with E-state index in [0.717, 1.165) is 23.3 Å². The standard InChI is InChI=1S/C21H17F2NO2/c22-18-11-17(12-19(23)20(18)21(25)26)24(13-15-7-3-1-4-8-15)14-16-9-5-2-6-10-16/h1-12H,13-14H2,(H,25,26). The average molecular weight is 353 g/mol. The van der Waals surface area contributed by atoms with E-state index in [4.69, 9.17) is 5.11 Å². The summed E-state index contributed by atoms with van der Waals surface area (Å²) in [5.74, 6) is -3.79. The molecule has 0 unspecified atom stereocenters. The highest BCUT2D eigenvalue weighted by Crippen LogP contribution is 2.25. The van der Waals surface area contributed by atoms with Gasteiger partial charge in [0.15, 0.2) is 0 Å². The first kappa shape index (κ1) is 17.6. The predicted octanol–water partition coefficient (Wildman–Crippen LogP) is 4.87. The number of halogens is 2. The largest absolute Gasteiger partial charge is 0.477 e. The molecule has 3 rings (SSSR count). The maximum absolute atomic E-state index is 14.2. The Morgan fingerprint density at radius 2 is 1.23 bits per heavy atom. The van der Waals surface area contributed by atoms with Crippen LogP contribution in [0.5, 0.6) is 0 Å². The van der Waals surface area contributed by atoms with Crippen LogP contribution in [0.25, 0.3) is 0 Å².